The molecule has 0 radical (unpaired) electrons. The smallest absolute Gasteiger partial charge is 0.337 e. The average molecular weight is 285 g/mol. The summed E-state index contributed by atoms with van der Waals surface area (Å²) in [5.41, 5.74) is 0.00350. The first-order chi connectivity index (χ1) is 8.56. The minimum absolute atomic E-state index is 0.00350. The molecule has 0 atom stereocenters. The van der Waals surface area contributed by atoms with Gasteiger partial charge >= 0.3 is 5.97 Å². The van der Waals surface area contributed by atoms with Crippen molar-refractivity contribution in [1.29, 1.82) is 0 Å². The van der Waals surface area contributed by atoms with E-state index in [1.807, 2.05) is 0 Å². The highest BCUT2D eigenvalue weighted by Crippen LogP contribution is 2.28. The first-order valence-electron chi connectivity index (χ1n) is 4.74. The Morgan fingerprint density at radius 1 is 1.33 bits per heavy atom. The van der Waals surface area contributed by atoms with Crippen molar-refractivity contribution in [3.05, 3.63) is 47.0 Å². The normalized spacial score (nSPS) is 10.3. The van der Waals surface area contributed by atoms with E-state index < -0.39 is 11.8 Å². The van der Waals surface area contributed by atoms with Crippen LogP contribution in [0.25, 0.3) is 0 Å². The molecule has 7 heteroatoms. The van der Waals surface area contributed by atoms with Crippen molar-refractivity contribution in [2.75, 3.05) is 0 Å². The molecule has 1 N–H and O–H groups in total. The highest BCUT2D eigenvalue weighted by Gasteiger charge is 2.10. The Balaban J connectivity index is 2.27. The second-order valence-corrected chi connectivity index (χ2v) is 4.68. The highest BCUT2D eigenvalue weighted by atomic mass is 35.5. The lowest BCUT2D eigenvalue weighted by atomic mass is 10.2. The van der Waals surface area contributed by atoms with Gasteiger partial charge in [0.1, 0.15) is 0 Å². The van der Waals surface area contributed by atoms with Gasteiger partial charge in [-0.2, -0.15) is 0 Å². The lowest BCUT2D eigenvalue weighted by Gasteiger charge is -2.03. The summed E-state index contributed by atoms with van der Waals surface area (Å²) in [6, 6.07) is 4.55. The highest BCUT2D eigenvalue weighted by molar-refractivity contribution is 7.99. The number of hydrogen-bond donors (Lipinski definition) is 1. The summed E-state index contributed by atoms with van der Waals surface area (Å²) in [5, 5.41) is 9.41. The number of carboxylic acids is 1. The summed E-state index contributed by atoms with van der Waals surface area (Å²) >= 11 is 6.87. The maximum absolute atomic E-state index is 12.6. The van der Waals surface area contributed by atoms with E-state index in [9.17, 15) is 9.18 Å². The minimum Gasteiger partial charge on any atom is -0.478 e. The van der Waals surface area contributed by atoms with E-state index in [-0.39, 0.29) is 10.6 Å². The predicted molar refractivity (Wildman–Crippen MR) is 64.5 cm³/mol. The van der Waals surface area contributed by atoms with Gasteiger partial charge in [0.25, 0.3) is 0 Å². The molecule has 4 nitrogen and oxygen atoms in total. The van der Waals surface area contributed by atoms with Crippen LogP contribution in [0.5, 0.6) is 0 Å². The molecule has 0 saturated carbocycles. The summed E-state index contributed by atoms with van der Waals surface area (Å²) in [4.78, 5) is 19.0. The summed E-state index contributed by atoms with van der Waals surface area (Å²) in [7, 11) is 0. The molecule has 0 spiro atoms. The van der Waals surface area contributed by atoms with Crippen LogP contribution in [-0.4, -0.2) is 21.0 Å². The third kappa shape index (κ3) is 2.96. The Hall–Kier alpha value is -1.66. The van der Waals surface area contributed by atoms with E-state index in [4.69, 9.17) is 16.7 Å². The average Bonchev–Trinajstić information content (AvgIpc) is 2.34. The standard InChI is InChI=1S/C11H6ClFN2O2S/c12-9-2-1-7(3-8(9)10(16)17)18-11-14-4-6(13)5-15-11/h1-5H,(H,16,17). The Morgan fingerprint density at radius 2 is 2.00 bits per heavy atom. The van der Waals surface area contributed by atoms with Crippen LogP contribution in [-0.2, 0) is 0 Å². The maximum atomic E-state index is 12.6. The largest absolute Gasteiger partial charge is 0.478 e. The third-order valence-electron chi connectivity index (χ3n) is 1.97. The maximum Gasteiger partial charge on any atom is 0.337 e. The first-order valence-corrected chi connectivity index (χ1v) is 5.94. The number of benzene rings is 1. The SMILES string of the molecule is O=C(O)c1cc(Sc2ncc(F)cn2)ccc1Cl. The van der Waals surface area contributed by atoms with Gasteiger partial charge in [0.2, 0.25) is 0 Å². The molecule has 18 heavy (non-hydrogen) atoms. The van der Waals surface area contributed by atoms with Crippen molar-refractivity contribution in [2.45, 2.75) is 10.1 Å². The molecular weight excluding hydrogens is 279 g/mol. The molecule has 1 aromatic carbocycles. The van der Waals surface area contributed by atoms with Crippen molar-refractivity contribution in [3.63, 3.8) is 0 Å². The van der Waals surface area contributed by atoms with Gasteiger partial charge in [-0.15, -0.1) is 0 Å². The molecule has 0 fully saturated rings. The van der Waals surface area contributed by atoms with Crippen molar-refractivity contribution < 1.29 is 14.3 Å². The molecule has 2 aromatic rings. The van der Waals surface area contributed by atoms with Gasteiger partial charge in [0.15, 0.2) is 11.0 Å². The fraction of sp³-hybridized carbons (Fsp3) is 0. The van der Waals surface area contributed by atoms with Gasteiger partial charge in [-0.05, 0) is 30.0 Å². The van der Waals surface area contributed by atoms with Crippen molar-refractivity contribution in [1.82, 2.24) is 9.97 Å². The molecule has 2 rings (SSSR count). The number of nitrogens with zero attached hydrogens (tertiary/aromatic N) is 2. The Labute approximate surface area is 111 Å². The van der Waals surface area contributed by atoms with Gasteiger partial charge in [-0.1, -0.05) is 11.6 Å². The van der Waals surface area contributed by atoms with Gasteiger partial charge in [-0.25, -0.2) is 19.2 Å². The van der Waals surface area contributed by atoms with Crippen molar-refractivity contribution >= 4 is 29.3 Å². The molecule has 0 aliphatic rings. The minimum atomic E-state index is -1.11. The number of rotatable bonds is 3. The number of carbonyl (C=O) groups is 1. The van der Waals surface area contributed by atoms with Crippen molar-refractivity contribution in [2.24, 2.45) is 0 Å². The molecule has 0 saturated heterocycles. The van der Waals surface area contributed by atoms with Gasteiger partial charge in [-0.3, -0.25) is 0 Å². The molecule has 0 bridgehead atoms. The molecule has 1 aromatic heterocycles. The Kier molecular flexibility index (Phi) is 3.78. The summed E-state index contributed by atoms with van der Waals surface area (Å²) in [5.74, 6) is -1.64. The molecule has 0 aliphatic carbocycles. The molecular formula is C11H6ClFN2O2S. The predicted octanol–water partition coefficient (Wildman–Crippen LogP) is 3.12. The van der Waals surface area contributed by atoms with Crippen LogP contribution >= 0.6 is 23.4 Å². The van der Waals surface area contributed by atoms with Crippen LogP contribution in [0.4, 0.5) is 4.39 Å². The zero-order valence-corrected chi connectivity index (χ0v) is 10.4. The van der Waals surface area contributed by atoms with E-state index in [0.29, 0.717) is 10.1 Å². The molecule has 0 aliphatic heterocycles. The molecule has 0 unspecified atom stereocenters. The fourth-order valence-electron chi connectivity index (χ4n) is 1.19. The summed E-state index contributed by atoms with van der Waals surface area (Å²) in [6.07, 6.45) is 2.09. The summed E-state index contributed by atoms with van der Waals surface area (Å²) < 4.78 is 12.6. The molecule has 0 amide bonds. The number of halogens is 2. The van der Waals surface area contributed by atoms with E-state index in [0.717, 1.165) is 24.2 Å². The van der Waals surface area contributed by atoms with Crippen LogP contribution < -0.4 is 0 Å². The molecule has 92 valence electrons. The second kappa shape index (κ2) is 5.32. The fourth-order valence-corrected chi connectivity index (χ4v) is 2.12. The number of aromatic nitrogens is 2. The zero-order chi connectivity index (χ0) is 13.1. The van der Waals surface area contributed by atoms with Crippen molar-refractivity contribution in [3.8, 4) is 0 Å². The number of aromatic carboxylic acids is 1. The quantitative estimate of drug-likeness (QED) is 0.878. The lowest BCUT2D eigenvalue weighted by Crippen LogP contribution is -1.97. The van der Waals surface area contributed by atoms with E-state index in [2.05, 4.69) is 9.97 Å². The third-order valence-corrected chi connectivity index (χ3v) is 3.19. The molecule has 1 heterocycles. The zero-order valence-electron chi connectivity index (χ0n) is 8.80. The lowest BCUT2D eigenvalue weighted by molar-refractivity contribution is 0.0697. The van der Waals surface area contributed by atoms with E-state index >= 15 is 0 Å². The van der Waals surface area contributed by atoms with Gasteiger partial charge < -0.3 is 5.11 Å². The number of carboxylic acid groups (broad SMARTS) is 1. The Morgan fingerprint density at radius 3 is 2.61 bits per heavy atom. The van der Waals surface area contributed by atoms with Crippen LogP contribution in [0.1, 0.15) is 10.4 Å². The van der Waals surface area contributed by atoms with E-state index in [1.165, 1.54) is 12.1 Å². The summed E-state index contributed by atoms with van der Waals surface area (Å²) in [6.45, 7) is 0. The second-order valence-electron chi connectivity index (χ2n) is 3.23. The van der Waals surface area contributed by atoms with Crippen LogP contribution in [0.15, 0.2) is 40.6 Å². The topological polar surface area (TPSA) is 63.1 Å². The Bertz CT molecular complexity index is 592. The van der Waals surface area contributed by atoms with Crippen LogP contribution in [0, 0.1) is 5.82 Å². The van der Waals surface area contributed by atoms with Gasteiger partial charge in [0, 0.05) is 4.90 Å². The van der Waals surface area contributed by atoms with Crippen LogP contribution in [0.3, 0.4) is 0 Å². The van der Waals surface area contributed by atoms with Gasteiger partial charge in [0.05, 0.1) is 23.0 Å². The first kappa shape index (κ1) is 12.8. The number of hydrogen-bond acceptors (Lipinski definition) is 4. The van der Waals surface area contributed by atoms with E-state index in [1.54, 1.807) is 6.07 Å². The monoisotopic (exact) mass is 284 g/mol. The van der Waals surface area contributed by atoms with Crippen LogP contribution in [0.2, 0.25) is 5.02 Å².